The molecule has 2 aromatic carbocycles. The van der Waals surface area contributed by atoms with E-state index in [1.54, 1.807) is 30.3 Å². The second-order valence-corrected chi connectivity index (χ2v) is 5.08. The molecule has 0 aliphatic heterocycles. The zero-order chi connectivity index (χ0) is 15.2. The Morgan fingerprint density at radius 3 is 2.76 bits per heavy atom. The maximum Gasteiger partial charge on any atom is 0.262 e. The number of aliphatic hydroxyl groups is 1. The fourth-order valence-corrected chi connectivity index (χ4v) is 2.03. The number of halogens is 2. The lowest BCUT2D eigenvalue weighted by Gasteiger charge is -2.09. The smallest absolute Gasteiger partial charge is 0.262 e. The highest BCUT2D eigenvalue weighted by Gasteiger charge is 2.08. The Balaban J connectivity index is 1.94. The van der Waals surface area contributed by atoms with Gasteiger partial charge in [0.15, 0.2) is 6.61 Å². The fourth-order valence-electron chi connectivity index (χ4n) is 1.66. The Hall–Kier alpha value is -1.92. The molecule has 2 aromatic rings. The number of hydrogen-bond donors (Lipinski definition) is 2. The van der Waals surface area contributed by atoms with Crippen LogP contribution in [-0.4, -0.2) is 17.6 Å². The molecule has 0 atom stereocenters. The van der Waals surface area contributed by atoms with E-state index in [2.05, 4.69) is 21.2 Å². The number of rotatable bonds is 5. The van der Waals surface area contributed by atoms with Gasteiger partial charge in [-0.05, 0) is 35.9 Å². The van der Waals surface area contributed by atoms with Crippen LogP contribution in [0.4, 0.5) is 10.1 Å². The quantitative estimate of drug-likeness (QED) is 0.868. The number of benzene rings is 2. The lowest BCUT2D eigenvalue weighted by atomic mass is 10.2. The topological polar surface area (TPSA) is 58.6 Å². The van der Waals surface area contributed by atoms with Crippen molar-refractivity contribution < 1.29 is 19.0 Å². The van der Waals surface area contributed by atoms with Crippen molar-refractivity contribution in [2.24, 2.45) is 0 Å². The molecule has 0 aliphatic rings. The average molecular weight is 354 g/mol. The molecule has 6 heteroatoms. The molecule has 0 spiro atoms. The van der Waals surface area contributed by atoms with E-state index in [1.165, 1.54) is 12.1 Å². The summed E-state index contributed by atoms with van der Waals surface area (Å²) in [5.74, 6) is -0.517. The van der Waals surface area contributed by atoms with E-state index in [4.69, 9.17) is 9.84 Å². The lowest BCUT2D eigenvalue weighted by Crippen LogP contribution is -2.20. The van der Waals surface area contributed by atoms with Crippen LogP contribution in [0.5, 0.6) is 5.75 Å². The van der Waals surface area contributed by atoms with Gasteiger partial charge in [-0.1, -0.05) is 28.1 Å². The zero-order valence-corrected chi connectivity index (χ0v) is 12.6. The number of para-hydroxylation sites is 1. The van der Waals surface area contributed by atoms with Crippen LogP contribution in [0.15, 0.2) is 46.9 Å². The normalized spacial score (nSPS) is 10.2. The molecule has 0 saturated carbocycles. The molecule has 21 heavy (non-hydrogen) atoms. The molecular weight excluding hydrogens is 341 g/mol. The van der Waals surface area contributed by atoms with Crippen LogP contribution in [-0.2, 0) is 11.4 Å². The van der Waals surface area contributed by atoms with Crippen molar-refractivity contribution in [1.29, 1.82) is 0 Å². The van der Waals surface area contributed by atoms with Gasteiger partial charge in [0.25, 0.3) is 5.91 Å². The minimum absolute atomic E-state index is 0.109. The number of anilines is 1. The first kappa shape index (κ1) is 15.5. The minimum Gasteiger partial charge on any atom is -0.484 e. The zero-order valence-electron chi connectivity index (χ0n) is 11.0. The molecule has 0 bridgehead atoms. The van der Waals surface area contributed by atoms with E-state index < -0.39 is 11.7 Å². The van der Waals surface area contributed by atoms with Crippen LogP contribution < -0.4 is 10.1 Å². The van der Waals surface area contributed by atoms with Gasteiger partial charge < -0.3 is 15.2 Å². The molecule has 0 heterocycles. The maximum atomic E-state index is 13.4. The van der Waals surface area contributed by atoms with Crippen LogP contribution in [0.2, 0.25) is 0 Å². The van der Waals surface area contributed by atoms with Gasteiger partial charge in [-0.15, -0.1) is 0 Å². The SMILES string of the molecule is O=C(COc1ccc(Br)c(CO)c1)Nc1ccccc1F. The van der Waals surface area contributed by atoms with Gasteiger partial charge in [0, 0.05) is 4.47 Å². The van der Waals surface area contributed by atoms with Crippen molar-refractivity contribution in [3.63, 3.8) is 0 Å². The van der Waals surface area contributed by atoms with Crippen LogP contribution >= 0.6 is 15.9 Å². The minimum atomic E-state index is -0.503. The van der Waals surface area contributed by atoms with Crippen molar-refractivity contribution >= 4 is 27.5 Å². The largest absolute Gasteiger partial charge is 0.484 e. The Bertz CT molecular complexity index is 649. The van der Waals surface area contributed by atoms with Crippen molar-refractivity contribution in [3.05, 3.63) is 58.3 Å². The lowest BCUT2D eigenvalue weighted by molar-refractivity contribution is -0.118. The van der Waals surface area contributed by atoms with Gasteiger partial charge in [0.2, 0.25) is 0 Å². The molecule has 0 unspecified atom stereocenters. The highest BCUT2D eigenvalue weighted by molar-refractivity contribution is 9.10. The second kappa shape index (κ2) is 7.19. The highest BCUT2D eigenvalue weighted by atomic mass is 79.9. The van der Waals surface area contributed by atoms with Crippen molar-refractivity contribution in [2.45, 2.75) is 6.61 Å². The van der Waals surface area contributed by atoms with E-state index >= 15 is 0 Å². The van der Waals surface area contributed by atoms with E-state index in [1.807, 2.05) is 0 Å². The summed E-state index contributed by atoms with van der Waals surface area (Å²) in [6.07, 6.45) is 0. The number of carbonyl (C=O) groups is 1. The Morgan fingerprint density at radius 1 is 1.29 bits per heavy atom. The van der Waals surface area contributed by atoms with Crippen molar-refractivity contribution in [2.75, 3.05) is 11.9 Å². The number of ether oxygens (including phenoxy) is 1. The monoisotopic (exact) mass is 353 g/mol. The van der Waals surface area contributed by atoms with Crippen molar-refractivity contribution in [1.82, 2.24) is 0 Å². The first-order chi connectivity index (χ1) is 10.1. The summed E-state index contributed by atoms with van der Waals surface area (Å²) in [4.78, 5) is 11.7. The number of aliphatic hydroxyl groups excluding tert-OH is 1. The molecule has 0 fully saturated rings. The van der Waals surface area contributed by atoms with E-state index in [9.17, 15) is 9.18 Å². The Labute approximate surface area is 129 Å². The third-order valence-electron chi connectivity index (χ3n) is 2.71. The molecule has 0 aromatic heterocycles. The van der Waals surface area contributed by atoms with Crippen LogP contribution in [0.25, 0.3) is 0 Å². The molecule has 110 valence electrons. The summed E-state index contributed by atoms with van der Waals surface area (Å²) in [6, 6.07) is 10.9. The summed E-state index contributed by atoms with van der Waals surface area (Å²) < 4.78 is 19.4. The standard InChI is InChI=1S/C15H13BrFNO3/c16-12-6-5-11(7-10(12)8-19)21-9-15(20)18-14-4-2-1-3-13(14)17/h1-7,19H,8-9H2,(H,18,20). The molecule has 0 saturated heterocycles. The summed E-state index contributed by atoms with van der Waals surface area (Å²) in [6.45, 7) is -0.389. The Morgan fingerprint density at radius 2 is 2.05 bits per heavy atom. The van der Waals surface area contributed by atoms with Crippen molar-refractivity contribution in [3.8, 4) is 5.75 Å². The molecule has 0 aliphatic carbocycles. The third-order valence-corrected chi connectivity index (χ3v) is 3.48. The summed E-state index contributed by atoms with van der Waals surface area (Å²) in [5.41, 5.74) is 0.764. The Kier molecular flexibility index (Phi) is 5.30. The molecule has 2 N–H and O–H groups in total. The van der Waals surface area contributed by atoms with Crippen LogP contribution in [0.1, 0.15) is 5.56 Å². The number of hydrogen-bond acceptors (Lipinski definition) is 3. The molecule has 1 amide bonds. The molecule has 0 radical (unpaired) electrons. The van der Waals surface area contributed by atoms with Crippen LogP contribution in [0, 0.1) is 5.82 Å². The molecular formula is C15H13BrFNO3. The maximum absolute atomic E-state index is 13.4. The van der Waals surface area contributed by atoms with Gasteiger partial charge in [-0.2, -0.15) is 0 Å². The number of nitrogens with one attached hydrogen (secondary N) is 1. The van der Waals surface area contributed by atoms with E-state index in [-0.39, 0.29) is 18.9 Å². The predicted octanol–water partition coefficient (Wildman–Crippen LogP) is 3.10. The van der Waals surface area contributed by atoms with Gasteiger partial charge in [0.1, 0.15) is 11.6 Å². The average Bonchev–Trinajstić information content (AvgIpc) is 2.49. The molecule has 2 rings (SSSR count). The predicted molar refractivity (Wildman–Crippen MR) is 80.6 cm³/mol. The van der Waals surface area contributed by atoms with Gasteiger partial charge in [0.05, 0.1) is 12.3 Å². The van der Waals surface area contributed by atoms with Gasteiger partial charge in [-0.3, -0.25) is 4.79 Å². The number of carbonyl (C=O) groups excluding carboxylic acids is 1. The van der Waals surface area contributed by atoms with Gasteiger partial charge >= 0.3 is 0 Å². The first-order valence-corrected chi connectivity index (χ1v) is 6.96. The second-order valence-electron chi connectivity index (χ2n) is 4.23. The van der Waals surface area contributed by atoms with Crippen LogP contribution in [0.3, 0.4) is 0 Å². The number of amides is 1. The highest BCUT2D eigenvalue weighted by Crippen LogP contribution is 2.22. The molecule has 4 nitrogen and oxygen atoms in total. The van der Waals surface area contributed by atoms with Gasteiger partial charge in [-0.25, -0.2) is 4.39 Å². The summed E-state index contributed by atoms with van der Waals surface area (Å²) in [7, 11) is 0. The third kappa shape index (κ3) is 4.27. The fraction of sp³-hybridized carbons (Fsp3) is 0.133. The van der Waals surface area contributed by atoms with E-state index in [0.717, 1.165) is 4.47 Å². The van der Waals surface area contributed by atoms with E-state index in [0.29, 0.717) is 11.3 Å². The first-order valence-electron chi connectivity index (χ1n) is 6.16. The summed E-state index contributed by atoms with van der Waals surface area (Å²) >= 11 is 3.29. The summed E-state index contributed by atoms with van der Waals surface area (Å²) in [5, 5.41) is 11.6.